The normalized spacial score (nSPS) is 23.1. The second-order valence-corrected chi connectivity index (χ2v) is 4.54. The fraction of sp³-hybridized carbons (Fsp3) is 0.500. The second-order valence-electron chi connectivity index (χ2n) is 4.54. The second kappa shape index (κ2) is 3.87. The first kappa shape index (κ1) is 10.8. The molecule has 0 saturated carbocycles. The maximum Gasteiger partial charge on any atom is 0.175 e. The van der Waals surface area contributed by atoms with Crippen LogP contribution in [0.5, 0.6) is 11.5 Å². The van der Waals surface area contributed by atoms with Gasteiger partial charge < -0.3 is 14.7 Å². The zero-order valence-corrected chi connectivity index (χ0v) is 9.90. The molecule has 17 heavy (non-hydrogen) atoms. The van der Waals surface area contributed by atoms with Gasteiger partial charge in [-0.1, -0.05) is 0 Å². The molecule has 0 saturated heterocycles. The number of aromatic hydroxyl groups is 1. The lowest BCUT2D eigenvalue weighted by atomic mass is 9.93. The Morgan fingerprint density at radius 3 is 3.06 bits per heavy atom. The number of hydrogen-bond acceptors (Lipinski definition) is 5. The molecule has 5 heteroatoms. The van der Waals surface area contributed by atoms with Crippen molar-refractivity contribution in [2.24, 2.45) is 0 Å². The summed E-state index contributed by atoms with van der Waals surface area (Å²) in [6, 6.07) is 1.92. The Morgan fingerprint density at radius 2 is 2.29 bits per heavy atom. The van der Waals surface area contributed by atoms with E-state index in [0.29, 0.717) is 18.9 Å². The van der Waals surface area contributed by atoms with Gasteiger partial charge in [-0.2, -0.15) is 4.89 Å². The van der Waals surface area contributed by atoms with Gasteiger partial charge in [-0.3, -0.25) is 4.90 Å². The number of hydrogen-bond donors (Lipinski definition) is 1. The summed E-state index contributed by atoms with van der Waals surface area (Å²) in [6.45, 7) is 1.83. The first-order chi connectivity index (χ1) is 8.20. The van der Waals surface area contributed by atoms with E-state index >= 15 is 0 Å². The molecule has 0 bridgehead atoms. The molecule has 0 fully saturated rings. The van der Waals surface area contributed by atoms with Crippen molar-refractivity contribution in [3.63, 3.8) is 0 Å². The van der Waals surface area contributed by atoms with E-state index in [1.165, 1.54) is 0 Å². The molecule has 92 valence electrons. The summed E-state index contributed by atoms with van der Waals surface area (Å²) in [4.78, 5) is 12.1. The third-order valence-electron chi connectivity index (χ3n) is 3.39. The Bertz CT molecular complexity index is 460. The van der Waals surface area contributed by atoms with Crippen molar-refractivity contribution in [2.45, 2.75) is 19.3 Å². The van der Waals surface area contributed by atoms with E-state index in [-0.39, 0.29) is 11.9 Å². The molecular weight excluding hydrogens is 222 g/mol. The SMILES string of the molecule is COC1CN(C)Cc2c1cc1c(c2O)COO1. The van der Waals surface area contributed by atoms with Gasteiger partial charge in [0.2, 0.25) is 0 Å². The fourth-order valence-corrected chi connectivity index (χ4v) is 2.49. The van der Waals surface area contributed by atoms with Crippen LogP contribution in [0.25, 0.3) is 0 Å². The summed E-state index contributed by atoms with van der Waals surface area (Å²) in [6.07, 6.45) is -0.0378. The quantitative estimate of drug-likeness (QED) is 0.747. The first-order valence-electron chi connectivity index (χ1n) is 5.59. The van der Waals surface area contributed by atoms with Gasteiger partial charge >= 0.3 is 0 Å². The molecule has 1 aromatic rings. The van der Waals surface area contributed by atoms with Crippen LogP contribution in [0.15, 0.2) is 6.07 Å². The van der Waals surface area contributed by atoms with Gasteiger partial charge in [-0.25, -0.2) is 0 Å². The lowest BCUT2D eigenvalue weighted by Gasteiger charge is -2.32. The minimum Gasteiger partial charge on any atom is -0.507 e. The van der Waals surface area contributed by atoms with Crippen LogP contribution in [-0.4, -0.2) is 30.7 Å². The lowest BCUT2D eigenvalue weighted by molar-refractivity contribution is -0.194. The number of benzene rings is 1. The minimum atomic E-state index is -0.0378. The number of rotatable bonds is 1. The molecule has 0 spiro atoms. The highest BCUT2D eigenvalue weighted by atomic mass is 17.2. The van der Waals surface area contributed by atoms with Gasteiger partial charge in [-0.05, 0) is 18.7 Å². The van der Waals surface area contributed by atoms with E-state index in [9.17, 15) is 5.11 Å². The van der Waals surface area contributed by atoms with Crippen LogP contribution in [0, 0.1) is 0 Å². The topological polar surface area (TPSA) is 51.2 Å². The zero-order valence-electron chi connectivity index (χ0n) is 9.90. The Labute approximate surface area is 99.4 Å². The molecule has 2 heterocycles. The van der Waals surface area contributed by atoms with Crippen LogP contribution in [0.3, 0.4) is 0 Å². The van der Waals surface area contributed by atoms with Crippen molar-refractivity contribution in [1.29, 1.82) is 0 Å². The molecule has 2 aliphatic heterocycles. The molecule has 1 N–H and O–H groups in total. The summed E-state index contributed by atoms with van der Waals surface area (Å²) in [7, 11) is 3.68. The Balaban J connectivity index is 2.15. The maximum absolute atomic E-state index is 10.2. The molecule has 1 atom stereocenters. The van der Waals surface area contributed by atoms with Crippen molar-refractivity contribution in [3.05, 3.63) is 22.8 Å². The molecule has 1 aromatic carbocycles. The average molecular weight is 237 g/mol. The van der Waals surface area contributed by atoms with E-state index < -0.39 is 0 Å². The average Bonchev–Trinajstić information content (AvgIpc) is 2.78. The summed E-state index contributed by atoms with van der Waals surface area (Å²) in [5.74, 6) is 0.886. The molecule has 0 radical (unpaired) electrons. The minimum absolute atomic E-state index is 0.0378. The van der Waals surface area contributed by atoms with E-state index in [4.69, 9.17) is 14.5 Å². The van der Waals surface area contributed by atoms with Gasteiger partial charge in [-0.15, -0.1) is 0 Å². The molecule has 0 amide bonds. The highest BCUT2D eigenvalue weighted by Crippen LogP contribution is 2.43. The molecule has 5 nitrogen and oxygen atoms in total. The predicted molar refractivity (Wildman–Crippen MR) is 59.6 cm³/mol. The van der Waals surface area contributed by atoms with E-state index in [1.807, 2.05) is 13.1 Å². The monoisotopic (exact) mass is 237 g/mol. The Morgan fingerprint density at radius 1 is 1.47 bits per heavy atom. The third kappa shape index (κ3) is 1.58. The number of methoxy groups -OCH3 is 1. The fourth-order valence-electron chi connectivity index (χ4n) is 2.49. The Kier molecular flexibility index (Phi) is 2.47. The maximum atomic E-state index is 10.2. The van der Waals surface area contributed by atoms with Gasteiger partial charge in [0.05, 0.1) is 11.7 Å². The van der Waals surface area contributed by atoms with Crippen LogP contribution in [0.4, 0.5) is 0 Å². The van der Waals surface area contributed by atoms with E-state index in [0.717, 1.165) is 23.2 Å². The summed E-state index contributed by atoms with van der Waals surface area (Å²) >= 11 is 0. The molecule has 0 aromatic heterocycles. The van der Waals surface area contributed by atoms with Crippen LogP contribution < -0.4 is 4.89 Å². The summed E-state index contributed by atoms with van der Waals surface area (Å²) in [5.41, 5.74) is 2.64. The van der Waals surface area contributed by atoms with Crippen LogP contribution >= 0.6 is 0 Å². The number of likely N-dealkylation sites (N-methyl/N-ethyl adjacent to an activating group) is 1. The number of phenolic OH excluding ortho intramolecular Hbond substituents is 1. The zero-order chi connectivity index (χ0) is 12.0. The molecule has 0 aliphatic carbocycles. The standard InChI is InChI=1S/C12H15NO4/c1-13-4-8-7(11(5-13)15-2)3-10-9(12(8)14)6-16-17-10/h3,11,14H,4-6H2,1-2H3. The van der Waals surface area contributed by atoms with E-state index in [2.05, 4.69) is 4.90 Å². The van der Waals surface area contributed by atoms with Crippen LogP contribution in [0.1, 0.15) is 22.8 Å². The summed E-state index contributed by atoms with van der Waals surface area (Å²) < 4.78 is 5.45. The molecule has 1 unspecified atom stereocenters. The number of ether oxygens (including phenoxy) is 1. The van der Waals surface area contributed by atoms with Crippen LogP contribution in [-0.2, 0) is 22.8 Å². The largest absolute Gasteiger partial charge is 0.507 e. The Hall–Kier alpha value is -1.30. The number of nitrogens with zero attached hydrogens (tertiary/aromatic N) is 1. The van der Waals surface area contributed by atoms with Gasteiger partial charge in [0, 0.05) is 25.8 Å². The highest BCUT2D eigenvalue weighted by Gasteiger charge is 2.31. The highest BCUT2D eigenvalue weighted by molar-refractivity contribution is 5.55. The van der Waals surface area contributed by atoms with Crippen molar-refractivity contribution >= 4 is 0 Å². The van der Waals surface area contributed by atoms with E-state index in [1.54, 1.807) is 7.11 Å². The van der Waals surface area contributed by atoms with Crippen molar-refractivity contribution in [2.75, 3.05) is 20.7 Å². The van der Waals surface area contributed by atoms with Gasteiger partial charge in [0.15, 0.2) is 5.75 Å². The lowest BCUT2D eigenvalue weighted by Crippen LogP contribution is -2.31. The summed E-state index contributed by atoms with van der Waals surface area (Å²) in [5, 5.41) is 10.2. The molecule has 2 aliphatic rings. The third-order valence-corrected chi connectivity index (χ3v) is 3.39. The number of phenols is 1. The van der Waals surface area contributed by atoms with Crippen molar-refractivity contribution in [1.82, 2.24) is 4.90 Å². The number of fused-ring (bicyclic) bond motifs is 2. The molecular formula is C12H15NO4. The predicted octanol–water partition coefficient (Wildman–Crippen LogP) is 1.35. The van der Waals surface area contributed by atoms with Crippen LogP contribution in [0.2, 0.25) is 0 Å². The van der Waals surface area contributed by atoms with Crippen molar-refractivity contribution < 1.29 is 19.6 Å². The van der Waals surface area contributed by atoms with Crippen molar-refractivity contribution in [3.8, 4) is 11.5 Å². The van der Waals surface area contributed by atoms with Gasteiger partial charge in [0.1, 0.15) is 12.4 Å². The van der Waals surface area contributed by atoms with Gasteiger partial charge in [0.25, 0.3) is 0 Å². The molecule has 3 rings (SSSR count). The first-order valence-corrected chi connectivity index (χ1v) is 5.59. The smallest absolute Gasteiger partial charge is 0.175 e.